The second-order valence-electron chi connectivity index (χ2n) is 8.04. The highest BCUT2D eigenvalue weighted by Crippen LogP contribution is 2.27. The van der Waals surface area contributed by atoms with Gasteiger partial charge in [-0.15, -0.1) is 11.3 Å². The molecule has 32 heavy (non-hydrogen) atoms. The zero-order chi connectivity index (χ0) is 23.3. The van der Waals surface area contributed by atoms with Gasteiger partial charge in [0.05, 0.1) is 18.4 Å². The number of rotatable bonds is 7. The van der Waals surface area contributed by atoms with E-state index in [0.29, 0.717) is 49.6 Å². The fourth-order valence-electron chi connectivity index (χ4n) is 4.04. The van der Waals surface area contributed by atoms with Crippen molar-refractivity contribution in [2.45, 2.75) is 49.8 Å². The van der Waals surface area contributed by atoms with Gasteiger partial charge in [-0.2, -0.15) is 4.31 Å². The minimum absolute atomic E-state index is 0.201. The van der Waals surface area contributed by atoms with E-state index in [1.807, 2.05) is 0 Å². The largest absolute Gasteiger partial charge is 0.466 e. The SMILES string of the molecule is CCOC(=O)C1CCN(C(=O)[C@H](C)OC(=O)C2CCN(S(=O)(=O)c3cccs3)CC2)CC1. The molecule has 0 aliphatic carbocycles. The van der Waals surface area contributed by atoms with E-state index in [4.69, 9.17) is 9.47 Å². The molecule has 0 unspecified atom stereocenters. The van der Waals surface area contributed by atoms with Crippen molar-refractivity contribution in [2.24, 2.45) is 11.8 Å². The van der Waals surface area contributed by atoms with Crippen LogP contribution in [0.2, 0.25) is 0 Å². The van der Waals surface area contributed by atoms with Crippen molar-refractivity contribution >= 4 is 39.2 Å². The predicted octanol–water partition coefficient (Wildman–Crippen LogP) is 1.88. The topological polar surface area (TPSA) is 110 Å². The molecule has 0 aromatic carbocycles. The summed E-state index contributed by atoms with van der Waals surface area (Å²) >= 11 is 1.17. The fraction of sp³-hybridized carbons (Fsp3) is 0.667. The van der Waals surface area contributed by atoms with E-state index < -0.39 is 28.0 Å². The molecular weight excluding hydrogens is 456 g/mol. The highest BCUT2D eigenvalue weighted by atomic mass is 32.2. The van der Waals surface area contributed by atoms with Gasteiger partial charge in [0.2, 0.25) is 0 Å². The molecule has 2 saturated heterocycles. The first-order chi connectivity index (χ1) is 15.2. The van der Waals surface area contributed by atoms with Gasteiger partial charge in [-0.05, 0) is 51.0 Å². The summed E-state index contributed by atoms with van der Waals surface area (Å²) in [6.07, 6.45) is 0.851. The number of amides is 1. The summed E-state index contributed by atoms with van der Waals surface area (Å²) in [5.41, 5.74) is 0. The van der Waals surface area contributed by atoms with E-state index in [9.17, 15) is 22.8 Å². The van der Waals surface area contributed by atoms with Crippen molar-refractivity contribution < 1.29 is 32.3 Å². The Morgan fingerprint density at radius 3 is 2.22 bits per heavy atom. The normalized spacial score (nSPS) is 20.0. The average molecular weight is 487 g/mol. The second-order valence-corrected chi connectivity index (χ2v) is 11.2. The maximum atomic E-state index is 12.7. The molecule has 2 fully saturated rings. The zero-order valence-electron chi connectivity index (χ0n) is 18.4. The number of hydrogen-bond donors (Lipinski definition) is 0. The Labute approximate surface area is 192 Å². The summed E-state index contributed by atoms with van der Waals surface area (Å²) < 4.78 is 37.4. The summed E-state index contributed by atoms with van der Waals surface area (Å²) in [7, 11) is -3.53. The van der Waals surface area contributed by atoms with E-state index in [2.05, 4.69) is 0 Å². The summed E-state index contributed by atoms with van der Waals surface area (Å²) in [6.45, 7) is 4.97. The third-order valence-corrected chi connectivity index (χ3v) is 9.22. The molecule has 1 aromatic heterocycles. The minimum Gasteiger partial charge on any atom is -0.466 e. The van der Waals surface area contributed by atoms with Crippen LogP contribution in [0, 0.1) is 11.8 Å². The highest BCUT2D eigenvalue weighted by Gasteiger charge is 2.36. The predicted molar refractivity (Wildman–Crippen MR) is 117 cm³/mol. The van der Waals surface area contributed by atoms with Crippen molar-refractivity contribution in [3.8, 4) is 0 Å². The van der Waals surface area contributed by atoms with Gasteiger partial charge in [0.1, 0.15) is 4.21 Å². The smallest absolute Gasteiger partial charge is 0.309 e. The standard InChI is InChI=1S/C21H30N2O7S2/c1-3-29-20(25)16-6-10-22(11-7-16)19(24)15(2)30-21(26)17-8-12-23(13-9-17)32(27,28)18-5-4-14-31-18/h4-5,14-17H,3,6-13H2,1-2H3/t15-/m0/s1. The van der Waals surface area contributed by atoms with Gasteiger partial charge in [0.15, 0.2) is 6.10 Å². The Morgan fingerprint density at radius 2 is 1.66 bits per heavy atom. The molecule has 0 N–H and O–H groups in total. The number of carbonyl (C=O) groups excluding carboxylic acids is 3. The quantitative estimate of drug-likeness (QED) is 0.541. The molecule has 0 saturated carbocycles. The van der Waals surface area contributed by atoms with Gasteiger partial charge in [0.25, 0.3) is 15.9 Å². The Balaban J connectivity index is 1.45. The summed E-state index contributed by atoms with van der Waals surface area (Å²) in [6, 6.07) is 3.27. The van der Waals surface area contributed by atoms with Crippen LogP contribution in [-0.4, -0.2) is 74.4 Å². The van der Waals surface area contributed by atoms with Crippen LogP contribution >= 0.6 is 11.3 Å². The van der Waals surface area contributed by atoms with Gasteiger partial charge in [-0.3, -0.25) is 14.4 Å². The van der Waals surface area contributed by atoms with E-state index >= 15 is 0 Å². The lowest BCUT2D eigenvalue weighted by Crippen LogP contribution is -2.46. The van der Waals surface area contributed by atoms with Crippen LogP contribution in [0.4, 0.5) is 0 Å². The molecule has 0 spiro atoms. The third-order valence-electron chi connectivity index (χ3n) is 5.94. The maximum absolute atomic E-state index is 12.7. The number of ether oxygens (including phenoxy) is 2. The third kappa shape index (κ3) is 5.68. The van der Waals surface area contributed by atoms with Gasteiger partial charge in [-0.1, -0.05) is 6.07 Å². The Morgan fingerprint density at radius 1 is 1.06 bits per heavy atom. The average Bonchev–Trinajstić information content (AvgIpc) is 3.35. The van der Waals surface area contributed by atoms with E-state index in [1.165, 1.54) is 15.6 Å². The minimum atomic E-state index is -3.53. The Hall–Kier alpha value is -1.98. The number of thiophene rings is 1. The number of piperidine rings is 2. The van der Waals surface area contributed by atoms with Crippen LogP contribution in [0.3, 0.4) is 0 Å². The molecule has 1 aromatic rings. The summed E-state index contributed by atoms with van der Waals surface area (Å²) in [5, 5.41) is 1.72. The van der Waals surface area contributed by atoms with Crippen molar-refractivity contribution in [3.05, 3.63) is 17.5 Å². The number of likely N-dealkylation sites (tertiary alicyclic amines) is 1. The zero-order valence-corrected chi connectivity index (χ0v) is 20.0. The van der Waals surface area contributed by atoms with Crippen LogP contribution in [0.15, 0.2) is 21.7 Å². The van der Waals surface area contributed by atoms with Crippen LogP contribution < -0.4 is 0 Å². The van der Waals surface area contributed by atoms with E-state index in [0.717, 1.165) is 0 Å². The number of sulfonamides is 1. The highest BCUT2D eigenvalue weighted by molar-refractivity contribution is 7.91. The second kappa shape index (κ2) is 10.8. The lowest BCUT2D eigenvalue weighted by Gasteiger charge is -2.33. The van der Waals surface area contributed by atoms with Crippen molar-refractivity contribution in [3.63, 3.8) is 0 Å². The molecule has 2 aliphatic heterocycles. The van der Waals surface area contributed by atoms with Gasteiger partial charge in [-0.25, -0.2) is 8.42 Å². The van der Waals surface area contributed by atoms with Crippen LogP contribution in [-0.2, 0) is 33.9 Å². The first-order valence-corrected chi connectivity index (χ1v) is 13.3. The van der Waals surface area contributed by atoms with Gasteiger partial charge >= 0.3 is 11.9 Å². The molecule has 1 amide bonds. The molecule has 3 rings (SSSR count). The molecular formula is C21H30N2O7S2. The van der Waals surface area contributed by atoms with Gasteiger partial charge in [0, 0.05) is 26.2 Å². The Kier molecular flexibility index (Phi) is 8.29. The van der Waals surface area contributed by atoms with Crippen molar-refractivity contribution in [2.75, 3.05) is 32.8 Å². The summed E-state index contributed by atoms with van der Waals surface area (Å²) in [5.74, 6) is -1.62. The lowest BCUT2D eigenvalue weighted by molar-refractivity contribution is -0.164. The molecule has 0 bridgehead atoms. The monoisotopic (exact) mass is 486 g/mol. The number of hydrogen-bond acceptors (Lipinski definition) is 8. The van der Waals surface area contributed by atoms with E-state index in [1.54, 1.807) is 36.3 Å². The van der Waals surface area contributed by atoms with Gasteiger partial charge < -0.3 is 14.4 Å². The maximum Gasteiger partial charge on any atom is 0.309 e. The van der Waals surface area contributed by atoms with Crippen LogP contribution in [0.1, 0.15) is 39.5 Å². The van der Waals surface area contributed by atoms with Crippen LogP contribution in [0.5, 0.6) is 0 Å². The number of nitrogens with zero attached hydrogens (tertiary/aromatic N) is 2. The Bertz CT molecular complexity index is 901. The number of carbonyl (C=O) groups is 3. The van der Waals surface area contributed by atoms with Crippen LogP contribution in [0.25, 0.3) is 0 Å². The lowest BCUT2D eigenvalue weighted by atomic mass is 9.96. The first kappa shape index (κ1) is 24.7. The van der Waals surface area contributed by atoms with Crippen molar-refractivity contribution in [1.29, 1.82) is 0 Å². The molecule has 178 valence electrons. The molecule has 0 radical (unpaired) electrons. The molecule has 9 nitrogen and oxygen atoms in total. The molecule has 1 atom stereocenters. The molecule has 2 aliphatic rings. The molecule has 3 heterocycles. The molecule has 11 heteroatoms. The summed E-state index contributed by atoms with van der Waals surface area (Å²) in [4.78, 5) is 38.7. The number of esters is 2. The first-order valence-electron chi connectivity index (χ1n) is 10.9. The van der Waals surface area contributed by atoms with Crippen molar-refractivity contribution in [1.82, 2.24) is 9.21 Å². The van der Waals surface area contributed by atoms with E-state index in [-0.39, 0.29) is 30.9 Å². The fourth-order valence-corrected chi connectivity index (χ4v) is 6.66.